The summed E-state index contributed by atoms with van der Waals surface area (Å²) in [6.07, 6.45) is 4.53. The van der Waals surface area contributed by atoms with Crippen LogP contribution >= 0.6 is 0 Å². The third kappa shape index (κ3) is 32.1. The molecule has 0 atom stereocenters. The molecule has 0 aromatic rings. The van der Waals surface area contributed by atoms with Gasteiger partial charge >= 0.3 is 16.5 Å². The number of hydrogen-bond donors (Lipinski definition) is 0. The second-order valence-corrected chi connectivity index (χ2v) is 6.99. The Kier molecular flexibility index (Phi) is 17.0. The van der Waals surface area contributed by atoms with Gasteiger partial charge in [0.15, 0.2) is 0 Å². The molecule has 0 aromatic carbocycles. The van der Waals surface area contributed by atoms with E-state index in [9.17, 15) is 25.9 Å². The first-order valence-corrected chi connectivity index (χ1v) is 9.15. The Morgan fingerprint density at radius 2 is 0.947 bits per heavy atom. The van der Waals surface area contributed by atoms with Crippen molar-refractivity contribution < 1.29 is 42.4 Å². The van der Waals surface area contributed by atoms with Crippen LogP contribution in [0.25, 0.3) is 0 Å². The Labute approximate surface area is 126 Å². The summed E-state index contributed by atoms with van der Waals surface area (Å²) < 4.78 is 59.7. The first kappa shape index (κ1) is 24.3. The predicted molar refractivity (Wildman–Crippen MR) is 68.2 cm³/mol. The molecule has 0 saturated carbocycles. The van der Waals surface area contributed by atoms with Crippen molar-refractivity contribution in [2.24, 2.45) is 0 Å². The topological polar surface area (TPSA) is 114 Å². The molecule has 9 heteroatoms. The molecule has 0 unspecified atom stereocenters. The molecule has 0 fully saturated rings. The minimum absolute atomic E-state index is 0. The van der Waals surface area contributed by atoms with Gasteiger partial charge in [0, 0.05) is 11.5 Å². The van der Waals surface area contributed by atoms with E-state index in [2.05, 4.69) is 0 Å². The summed E-state index contributed by atoms with van der Waals surface area (Å²) in [6, 6.07) is 0. The van der Waals surface area contributed by atoms with E-state index in [4.69, 9.17) is 0 Å². The fraction of sp³-hybridized carbons (Fsp3) is 1.00. The number of unbranched alkanes of at least 4 members (excludes halogenated alkanes) is 4. The van der Waals surface area contributed by atoms with Crippen molar-refractivity contribution in [2.45, 2.75) is 52.4 Å². The molecule has 0 aliphatic heterocycles. The molecule has 0 heterocycles. The van der Waals surface area contributed by atoms with E-state index in [1.54, 1.807) is 0 Å². The van der Waals surface area contributed by atoms with Crippen molar-refractivity contribution >= 4 is 20.2 Å². The van der Waals surface area contributed by atoms with Gasteiger partial charge in [-0.15, -0.1) is 0 Å². The number of rotatable bonds is 8. The van der Waals surface area contributed by atoms with Crippen LogP contribution in [-0.2, 0) is 36.7 Å². The summed E-state index contributed by atoms with van der Waals surface area (Å²) >= 11 is 0. The summed E-state index contributed by atoms with van der Waals surface area (Å²) in [5.41, 5.74) is 0. The fourth-order valence-electron chi connectivity index (χ4n) is 1.06. The van der Waals surface area contributed by atoms with Crippen molar-refractivity contribution in [1.82, 2.24) is 0 Å². The van der Waals surface area contributed by atoms with Crippen LogP contribution in [0.3, 0.4) is 0 Å². The zero-order chi connectivity index (χ0) is 14.7. The third-order valence-corrected chi connectivity index (χ3v) is 3.57. The molecule has 0 amide bonds. The van der Waals surface area contributed by atoms with Gasteiger partial charge in [-0.2, -0.15) is 0 Å². The number of hydrogen-bond acceptors (Lipinski definition) is 6. The molecule has 19 heavy (non-hydrogen) atoms. The largest absolute Gasteiger partial charge is 2.00 e. The Bertz CT molecular complexity index is 339. The van der Waals surface area contributed by atoms with Crippen LogP contribution in [0.2, 0.25) is 0 Å². The molecule has 0 bridgehead atoms. The van der Waals surface area contributed by atoms with Crippen LogP contribution < -0.4 is 0 Å². The molecular weight excluding hydrogens is 339 g/mol. The molecule has 0 N–H and O–H groups in total. The molecule has 120 valence electrons. The van der Waals surface area contributed by atoms with Crippen LogP contribution in [0.5, 0.6) is 0 Å². The van der Waals surface area contributed by atoms with Gasteiger partial charge in [-0.05, 0) is 12.8 Å². The Balaban J connectivity index is -0.000000256. The summed E-state index contributed by atoms with van der Waals surface area (Å²) in [5.74, 6) is -0.415. The van der Waals surface area contributed by atoms with Gasteiger partial charge in [0.05, 0.1) is 20.2 Å². The van der Waals surface area contributed by atoms with E-state index in [1.807, 2.05) is 13.8 Å². The van der Waals surface area contributed by atoms with Gasteiger partial charge in [0.25, 0.3) is 0 Å². The standard InChI is InChI=1S/2C5H12O3S.Ni/c2*1-2-3-4-5-9(6,7)8;/h2*2-5H2,1H3,(H,6,7,8);/q;;+2/p-2. The molecule has 0 saturated heterocycles. The minimum Gasteiger partial charge on any atom is -0.748 e. The van der Waals surface area contributed by atoms with Crippen molar-refractivity contribution in [1.29, 1.82) is 0 Å². The van der Waals surface area contributed by atoms with Crippen LogP contribution in [0.4, 0.5) is 0 Å². The fourth-order valence-corrected chi connectivity index (χ4v) is 2.17. The van der Waals surface area contributed by atoms with E-state index in [-0.39, 0.29) is 28.0 Å². The molecule has 0 rings (SSSR count). The summed E-state index contributed by atoms with van der Waals surface area (Å²) in [6.45, 7) is 3.91. The monoisotopic (exact) mass is 360 g/mol. The average molecular weight is 361 g/mol. The van der Waals surface area contributed by atoms with Gasteiger partial charge < -0.3 is 9.11 Å². The SMILES string of the molecule is CCCCCS(=O)(=O)[O-].CCCCCS(=O)(=O)[O-].[Ni+2]. The second-order valence-electron chi connectivity index (χ2n) is 3.94. The van der Waals surface area contributed by atoms with E-state index >= 15 is 0 Å². The first-order chi connectivity index (χ1) is 8.12. The maximum absolute atomic E-state index is 9.95. The summed E-state index contributed by atoms with van der Waals surface area (Å²) in [4.78, 5) is 0. The van der Waals surface area contributed by atoms with Crippen molar-refractivity contribution in [3.8, 4) is 0 Å². The van der Waals surface area contributed by atoms with Gasteiger partial charge in [0.2, 0.25) is 0 Å². The first-order valence-electron chi connectivity index (χ1n) is 5.99. The normalized spacial score (nSPS) is 11.2. The molecule has 0 radical (unpaired) electrons. The van der Waals surface area contributed by atoms with Crippen LogP contribution in [0, 0.1) is 0 Å². The van der Waals surface area contributed by atoms with Crippen LogP contribution in [0.15, 0.2) is 0 Å². The molecule has 0 aromatic heterocycles. The Hall–Kier alpha value is 0.314. The van der Waals surface area contributed by atoms with Gasteiger partial charge in [-0.1, -0.05) is 39.5 Å². The molecule has 6 nitrogen and oxygen atoms in total. The summed E-state index contributed by atoms with van der Waals surface area (Å²) in [5, 5.41) is 0. The Morgan fingerprint density at radius 1 is 0.684 bits per heavy atom. The molecule has 0 spiro atoms. The van der Waals surface area contributed by atoms with Crippen LogP contribution in [0.1, 0.15) is 52.4 Å². The Morgan fingerprint density at radius 3 is 1.11 bits per heavy atom. The molecule has 0 aliphatic carbocycles. The van der Waals surface area contributed by atoms with Gasteiger partial charge in [-0.25, -0.2) is 16.8 Å². The minimum atomic E-state index is -3.95. The zero-order valence-corrected chi connectivity index (χ0v) is 13.9. The van der Waals surface area contributed by atoms with Gasteiger partial charge in [-0.3, -0.25) is 0 Å². The summed E-state index contributed by atoms with van der Waals surface area (Å²) in [7, 11) is -7.89. The average Bonchev–Trinajstić information content (AvgIpc) is 2.16. The van der Waals surface area contributed by atoms with Crippen molar-refractivity contribution in [3.63, 3.8) is 0 Å². The smallest absolute Gasteiger partial charge is 0.748 e. The van der Waals surface area contributed by atoms with Crippen LogP contribution in [-0.4, -0.2) is 37.4 Å². The van der Waals surface area contributed by atoms with E-state index < -0.39 is 20.2 Å². The van der Waals surface area contributed by atoms with Gasteiger partial charge in [0.1, 0.15) is 0 Å². The van der Waals surface area contributed by atoms with E-state index in [1.165, 1.54) is 0 Å². The van der Waals surface area contributed by atoms with Crippen molar-refractivity contribution in [3.05, 3.63) is 0 Å². The van der Waals surface area contributed by atoms with E-state index in [0.29, 0.717) is 12.8 Å². The zero-order valence-electron chi connectivity index (χ0n) is 11.2. The third-order valence-electron chi connectivity index (χ3n) is 2.00. The molecule has 0 aliphatic rings. The van der Waals surface area contributed by atoms with Crippen molar-refractivity contribution in [2.75, 3.05) is 11.5 Å². The maximum atomic E-state index is 9.95. The van der Waals surface area contributed by atoms with E-state index in [0.717, 1.165) is 25.7 Å². The second kappa shape index (κ2) is 13.3. The quantitative estimate of drug-likeness (QED) is 0.367. The predicted octanol–water partition coefficient (Wildman–Crippen LogP) is 1.44. The molecular formula is C10H22NiO6S2. The maximum Gasteiger partial charge on any atom is 2.00 e.